The van der Waals surface area contributed by atoms with Gasteiger partial charge >= 0.3 is 0 Å². The van der Waals surface area contributed by atoms with Gasteiger partial charge in [-0.05, 0) is 49.4 Å². The molecule has 0 atom stereocenters. The van der Waals surface area contributed by atoms with Crippen LogP contribution in [0.15, 0.2) is 46.9 Å². The molecule has 0 aliphatic carbocycles. The van der Waals surface area contributed by atoms with Crippen molar-refractivity contribution in [2.75, 3.05) is 32.8 Å². The normalized spacial score (nSPS) is 14.6. The summed E-state index contributed by atoms with van der Waals surface area (Å²) in [6.45, 7) is 3.78. The number of hydrogen-bond acceptors (Lipinski definition) is 4. The molecule has 2 amide bonds. The third-order valence-electron chi connectivity index (χ3n) is 4.27. The van der Waals surface area contributed by atoms with Gasteiger partial charge in [0.2, 0.25) is 5.91 Å². The highest BCUT2D eigenvalue weighted by molar-refractivity contribution is 6.30. The standard InChI is InChI=1S/C20H21ClN2O4/c1-15-2-5-18(27-15)8-9-19(24)22-10-12-23(13-11-22)20(25)14-26-17-6-3-16(21)4-7-17/h2-9H,10-14H2,1H3/b9-8+. The van der Waals surface area contributed by atoms with Crippen LogP contribution in [0.1, 0.15) is 11.5 Å². The summed E-state index contributed by atoms with van der Waals surface area (Å²) in [5.74, 6) is 1.86. The van der Waals surface area contributed by atoms with Crippen molar-refractivity contribution in [2.45, 2.75) is 6.92 Å². The summed E-state index contributed by atoms with van der Waals surface area (Å²) < 4.78 is 10.9. The van der Waals surface area contributed by atoms with Gasteiger partial charge in [-0.15, -0.1) is 0 Å². The van der Waals surface area contributed by atoms with Gasteiger partial charge < -0.3 is 19.0 Å². The molecule has 0 spiro atoms. The molecule has 1 fully saturated rings. The Labute approximate surface area is 162 Å². The Morgan fingerprint density at radius 1 is 1.07 bits per heavy atom. The number of carbonyl (C=O) groups excluding carboxylic acids is 2. The first-order chi connectivity index (χ1) is 13.0. The number of rotatable bonds is 5. The second-order valence-electron chi connectivity index (χ2n) is 6.23. The maximum Gasteiger partial charge on any atom is 0.260 e. The summed E-state index contributed by atoms with van der Waals surface area (Å²) in [5, 5.41) is 0.616. The number of aryl methyl sites for hydroxylation is 1. The first kappa shape index (κ1) is 19.0. The zero-order valence-electron chi connectivity index (χ0n) is 15.1. The van der Waals surface area contributed by atoms with Crippen molar-refractivity contribution in [2.24, 2.45) is 0 Å². The summed E-state index contributed by atoms with van der Waals surface area (Å²) in [7, 11) is 0. The zero-order valence-corrected chi connectivity index (χ0v) is 15.8. The van der Waals surface area contributed by atoms with E-state index in [2.05, 4.69) is 0 Å². The van der Waals surface area contributed by atoms with Crippen LogP contribution in [0, 0.1) is 6.92 Å². The van der Waals surface area contributed by atoms with Crippen molar-refractivity contribution >= 4 is 29.5 Å². The minimum Gasteiger partial charge on any atom is -0.484 e. The van der Waals surface area contributed by atoms with Crippen LogP contribution in [0.4, 0.5) is 0 Å². The molecule has 1 aromatic heterocycles. The first-order valence-corrected chi connectivity index (χ1v) is 9.08. The van der Waals surface area contributed by atoms with E-state index in [9.17, 15) is 9.59 Å². The van der Waals surface area contributed by atoms with E-state index in [0.717, 1.165) is 5.76 Å². The molecule has 1 saturated heterocycles. The SMILES string of the molecule is Cc1ccc(/C=C/C(=O)N2CCN(C(=O)COc3ccc(Cl)cc3)CC2)o1. The Kier molecular flexibility index (Phi) is 6.19. The molecule has 27 heavy (non-hydrogen) atoms. The highest BCUT2D eigenvalue weighted by Gasteiger charge is 2.23. The van der Waals surface area contributed by atoms with Gasteiger partial charge in [0, 0.05) is 37.3 Å². The minimum absolute atomic E-state index is 0.0344. The average molecular weight is 389 g/mol. The molecular weight excluding hydrogens is 368 g/mol. The molecule has 2 aromatic rings. The molecule has 6 nitrogen and oxygen atoms in total. The van der Waals surface area contributed by atoms with E-state index in [4.69, 9.17) is 20.8 Å². The van der Waals surface area contributed by atoms with Crippen molar-refractivity contribution in [3.63, 3.8) is 0 Å². The Bertz CT molecular complexity index is 821. The Morgan fingerprint density at radius 3 is 2.37 bits per heavy atom. The van der Waals surface area contributed by atoms with Gasteiger partial charge in [-0.3, -0.25) is 9.59 Å². The summed E-state index contributed by atoms with van der Waals surface area (Å²) in [6.07, 6.45) is 3.16. The summed E-state index contributed by atoms with van der Waals surface area (Å²) in [6, 6.07) is 10.5. The Morgan fingerprint density at radius 2 is 1.74 bits per heavy atom. The third kappa shape index (κ3) is 5.37. The smallest absolute Gasteiger partial charge is 0.260 e. The highest BCUT2D eigenvalue weighted by atomic mass is 35.5. The number of ether oxygens (including phenoxy) is 1. The quantitative estimate of drug-likeness (QED) is 0.739. The topological polar surface area (TPSA) is 63.0 Å². The number of halogens is 1. The lowest BCUT2D eigenvalue weighted by Crippen LogP contribution is -2.51. The van der Waals surface area contributed by atoms with E-state index in [0.29, 0.717) is 42.7 Å². The number of furan rings is 1. The van der Waals surface area contributed by atoms with Crippen LogP contribution in [0.5, 0.6) is 5.75 Å². The molecule has 0 N–H and O–H groups in total. The van der Waals surface area contributed by atoms with Crippen molar-refractivity contribution in [3.8, 4) is 5.75 Å². The van der Waals surface area contributed by atoms with Gasteiger partial charge in [0.25, 0.3) is 5.91 Å². The fourth-order valence-corrected chi connectivity index (χ4v) is 2.87. The predicted molar refractivity (Wildman–Crippen MR) is 103 cm³/mol. The van der Waals surface area contributed by atoms with Crippen LogP contribution in [0.2, 0.25) is 5.02 Å². The number of benzene rings is 1. The van der Waals surface area contributed by atoms with E-state index in [-0.39, 0.29) is 18.4 Å². The highest BCUT2D eigenvalue weighted by Crippen LogP contribution is 2.16. The van der Waals surface area contributed by atoms with Crippen molar-refractivity contribution < 1.29 is 18.7 Å². The lowest BCUT2D eigenvalue weighted by Gasteiger charge is -2.34. The van der Waals surface area contributed by atoms with Crippen molar-refractivity contribution in [1.29, 1.82) is 0 Å². The lowest BCUT2D eigenvalue weighted by atomic mass is 10.3. The number of hydrogen-bond donors (Lipinski definition) is 0. The van der Waals surface area contributed by atoms with Crippen LogP contribution in [0.3, 0.4) is 0 Å². The molecule has 7 heteroatoms. The first-order valence-electron chi connectivity index (χ1n) is 8.71. The van der Waals surface area contributed by atoms with Gasteiger partial charge in [-0.1, -0.05) is 11.6 Å². The van der Waals surface area contributed by atoms with Crippen molar-refractivity contribution in [3.05, 3.63) is 59.0 Å². The van der Waals surface area contributed by atoms with Crippen LogP contribution in [0.25, 0.3) is 6.08 Å². The lowest BCUT2D eigenvalue weighted by molar-refractivity contribution is -0.138. The fraction of sp³-hybridized carbons (Fsp3) is 0.300. The van der Waals surface area contributed by atoms with Gasteiger partial charge in [0.1, 0.15) is 17.3 Å². The molecule has 1 aromatic carbocycles. The number of carbonyl (C=O) groups is 2. The second kappa shape index (κ2) is 8.77. The third-order valence-corrected chi connectivity index (χ3v) is 4.52. The molecular formula is C20H21ClN2O4. The number of nitrogens with zero attached hydrogens (tertiary/aromatic N) is 2. The fourth-order valence-electron chi connectivity index (χ4n) is 2.75. The number of piperazine rings is 1. The van der Waals surface area contributed by atoms with Gasteiger partial charge in [0.05, 0.1) is 0 Å². The molecule has 142 valence electrons. The Hall–Kier alpha value is -2.73. The number of amides is 2. The average Bonchev–Trinajstić information content (AvgIpc) is 3.11. The van der Waals surface area contributed by atoms with Gasteiger partial charge in [0.15, 0.2) is 6.61 Å². The second-order valence-corrected chi connectivity index (χ2v) is 6.67. The molecule has 0 radical (unpaired) electrons. The van der Waals surface area contributed by atoms with Crippen LogP contribution >= 0.6 is 11.6 Å². The molecule has 1 aliphatic rings. The maximum absolute atomic E-state index is 12.3. The van der Waals surface area contributed by atoms with Crippen LogP contribution < -0.4 is 4.74 Å². The molecule has 3 rings (SSSR count). The largest absolute Gasteiger partial charge is 0.484 e. The summed E-state index contributed by atoms with van der Waals surface area (Å²) >= 11 is 5.82. The maximum atomic E-state index is 12.3. The summed E-state index contributed by atoms with van der Waals surface area (Å²) in [4.78, 5) is 28.0. The van der Waals surface area contributed by atoms with Gasteiger partial charge in [-0.25, -0.2) is 0 Å². The van der Waals surface area contributed by atoms with E-state index in [1.165, 1.54) is 6.08 Å². The van der Waals surface area contributed by atoms with E-state index in [1.807, 2.05) is 19.1 Å². The molecule has 2 heterocycles. The molecule has 0 unspecified atom stereocenters. The zero-order chi connectivity index (χ0) is 19.2. The van der Waals surface area contributed by atoms with Crippen LogP contribution in [-0.2, 0) is 9.59 Å². The van der Waals surface area contributed by atoms with E-state index in [1.54, 1.807) is 40.1 Å². The monoisotopic (exact) mass is 388 g/mol. The molecule has 1 aliphatic heterocycles. The molecule has 0 bridgehead atoms. The van der Waals surface area contributed by atoms with E-state index < -0.39 is 0 Å². The van der Waals surface area contributed by atoms with Crippen LogP contribution in [-0.4, -0.2) is 54.4 Å². The van der Waals surface area contributed by atoms with Crippen molar-refractivity contribution in [1.82, 2.24) is 9.80 Å². The minimum atomic E-state index is -0.0985. The van der Waals surface area contributed by atoms with E-state index >= 15 is 0 Å². The Balaban J connectivity index is 1.43. The molecule has 0 saturated carbocycles. The summed E-state index contributed by atoms with van der Waals surface area (Å²) in [5.41, 5.74) is 0. The predicted octanol–water partition coefficient (Wildman–Crippen LogP) is 3.00. The van der Waals surface area contributed by atoms with Gasteiger partial charge in [-0.2, -0.15) is 0 Å².